The highest BCUT2D eigenvalue weighted by Crippen LogP contribution is 2.10. The molecule has 0 spiro atoms. The first kappa shape index (κ1) is 20.5. The van der Waals surface area contributed by atoms with Gasteiger partial charge >= 0.3 is 0 Å². The second kappa shape index (κ2) is 17.6. The molecule has 0 bridgehead atoms. The molecule has 0 amide bonds. The summed E-state index contributed by atoms with van der Waals surface area (Å²) in [6.07, 6.45) is 23.2. The molecule has 0 N–H and O–H groups in total. The number of hydrogen-bond acceptors (Lipinski definition) is 2. The summed E-state index contributed by atoms with van der Waals surface area (Å²) < 4.78 is 0. The molecule has 0 aromatic carbocycles. The quantitative estimate of drug-likeness (QED) is 0.262. The number of thioether (sulfide) groups is 1. The summed E-state index contributed by atoms with van der Waals surface area (Å²) in [5, 5.41) is 0.250. The molecule has 0 rings (SSSR count). The molecular formula is C19H34OS. The zero-order chi connectivity index (χ0) is 15.6. The third-order valence-corrected chi connectivity index (χ3v) is 4.30. The van der Waals surface area contributed by atoms with E-state index in [1.54, 1.807) is 6.92 Å². The molecule has 0 unspecified atom stereocenters. The monoisotopic (exact) mass is 310 g/mol. The molecule has 0 aromatic heterocycles. The van der Waals surface area contributed by atoms with E-state index in [1.807, 2.05) is 0 Å². The molecule has 0 aliphatic carbocycles. The molecule has 2 heteroatoms. The van der Waals surface area contributed by atoms with Crippen LogP contribution in [0.5, 0.6) is 0 Å². The van der Waals surface area contributed by atoms with Crippen molar-refractivity contribution < 1.29 is 4.79 Å². The van der Waals surface area contributed by atoms with Crippen molar-refractivity contribution in [3.8, 4) is 0 Å². The van der Waals surface area contributed by atoms with Crippen molar-refractivity contribution in [2.24, 2.45) is 0 Å². The number of hydrogen-bond donors (Lipinski definition) is 0. The van der Waals surface area contributed by atoms with Crippen LogP contribution >= 0.6 is 11.8 Å². The fourth-order valence-corrected chi connectivity index (χ4v) is 2.77. The third-order valence-electron chi connectivity index (χ3n) is 3.40. The van der Waals surface area contributed by atoms with E-state index in [0.29, 0.717) is 0 Å². The molecule has 0 aromatic rings. The Labute approximate surface area is 136 Å². The van der Waals surface area contributed by atoms with Gasteiger partial charge in [-0.15, -0.1) is 0 Å². The summed E-state index contributed by atoms with van der Waals surface area (Å²) in [7, 11) is 0. The summed E-state index contributed by atoms with van der Waals surface area (Å²) in [6, 6.07) is 0. The molecule has 0 radical (unpaired) electrons. The van der Waals surface area contributed by atoms with Gasteiger partial charge in [0.2, 0.25) is 0 Å². The Kier molecular flexibility index (Phi) is 17.1. The number of carbonyl (C=O) groups is 1. The van der Waals surface area contributed by atoms with Gasteiger partial charge < -0.3 is 0 Å². The first-order chi connectivity index (χ1) is 10.3. The summed E-state index contributed by atoms with van der Waals surface area (Å²) in [5.41, 5.74) is 0. The zero-order valence-electron chi connectivity index (χ0n) is 14.1. The first-order valence-electron chi connectivity index (χ1n) is 8.70. The summed E-state index contributed by atoms with van der Waals surface area (Å²) in [6.45, 7) is 3.90. The molecule has 0 saturated carbocycles. The maximum atomic E-state index is 10.7. The summed E-state index contributed by atoms with van der Waals surface area (Å²) in [4.78, 5) is 10.7. The van der Waals surface area contributed by atoms with Crippen LogP contribution in [0.1, 0.15) is 84.5 Å². The van der Waals surface area contributed by atoms with Crippen LogP contribution in [0, 0.1) is 0 Å². The van der Waals surface area contributed by atoms with Crippen LogP contribution < -0.4 is 0 Å². The molecule has 1 nitrogen and oxygen atoms in total. The molecule has 122 valence electrons. The Morgan fingerprint density at radius 3 is 2.00 bits per heavy atom. The number of rotatable bonds is 14. The lowest BCUT2D eigenvalue weighted by Crippen LogP contribution is -1.86. The standard InChI is InChI=1S/C19H34OS/c1-3-4-5-6-7-8-9-10-11-12-13-14-15-16-17-18-21-19(2)20/h7-8,10-11H,3-6,9,12-18H2,1-2H3. The first-order valence-corrected chi connectivity index (χ1v) is 9.69. The van der Waals surface area contributed by atoms with Gasteiger partial charge in [-0.25, -0.2) is 0 Å². The second-order valence-corrected chi connectivity index (χ2v) is 6.84. The van der Waals surface area contributed by atoms with Crippen LogP contribution in [0.25, 0.3) is 0 Å². The molecular weight excluding hydrogens is 276 g/mol. The zero-order valence-corrected chi connectivity index (χ0v) is 14.9. The Hall–Kier alpha value is -0.500. The van der Waals surface area contributed by atoms with Crippen LogP contribution in [-0.4, -0.2) is 10.9 Å². The molecule has 0 saturated heterocycles. The van der Waals surface area contributed by atoms with Gasteiger partial charge in [-0.3, -0.25) is 4.79 Å². The van der Waals surface area contributed by atoms with Gasteiger partial charge in [-0.2, -0.15) is 0 Å². The van der Waals surface area contributed by atoms with Gasteiger partial charge in [-0.1, -0.05) is 75.1 Å². The van der Waals surface area contributed by atoms with Crippen molar-refractivity contribution in [2.45, 2.75) is 84.5 Å². The molecule has 21 heavy (non-hydrogen) atoms. The van der Waals surface area contributed by atoms with E-state index in [9.17, 15) is 4.79 Å². The number of carbonyl (C=O) groups excluding carboxylic acids is 1. The second-order valence-electron chi connectivity index (χ2n) is 5.57. The topological polar surface area (TPSA) is 17.1 Å². The number of unbranched alkanes of at least 4 members (excludes halogenated alkanes) is 8. The van der Waals surface area contributed by atoms with Gasteiger partial charge in [0, 0.05) is 12.7 Å². The van der Waals surface area contributed by atoms with Gasteiger partial charge in [0.05, 0.1) is 0 Å². The Balaban J connectivity index is 3.16. The smallest absolute Gasteiger partial charge is 0.185 e. The highest BCUT2D eigenvalue weighted by molar-refractivity contribution is 8.13. The normalized spacial score (nSPS) is 11.7. The van der Waals surface area contributed by atoms with Gasteiger partial charge in [-0.05, 0) is 38.5 Å². The average Bonchev–Trinajstić information content (AvgIpc) is 2.46. The number of allylic oxidation sites excluding steroid dienone is 4. The summed E-state index contributed by atoms with van der Waals surface area (Å²) >= 11 is 1.46. The van der Waals surface area contributed by atoms with Crippen molar-refractivity contribution >= 4 is 16.9 Å². The van der Waals surface area contributed by atoms with E-state index in [0.717, 1.165) is 12.2 Å². The van der Waals surface area contributed by atoms with Crippen LogP contribution in [0.4, 0.5) is 0 Å². The Bertz CT molecular complexity index is 281. The lowest BCUT2D eigenvalue weighted by molar-refractivity contribution is -0.109. The van der Waals surface area contributed by atoms with E-state index in [4.69, 9.17) is 0 Å². The van der Waals surface area contributed by atoms with E-state index < -0.39 is 0 Å². The van der Waals surface area contributed by atoms with Gasteiger partial charge in [0.15, 0.2) is 5.12 Å². The third kappa shape index (κ3) is 19.5. The largest absolute Gasteiger partial charge is 0.288 e. The van der Waals surface area contributed by atoms with E-state index in [-0.39, 0.29) is 5.12 Å². The minimum atomic E-state index is 0.250. The van der Waals surface area contributed by atoms with E-state index >= 15 is 0 Å². The predicted molar refractivity (Wildman–Crippen MR) is 97.9 cm³/mol. The summed E-state index contributed by atoms with van der Waals surface area (Å²) in [5.74, 6) is 1.000. The SMILES string of the molecule is CCCCCC=CCC=CCCCCCCCSC(C)=O. The highest BCUT2D eigenvalue weighted by Gasteiger charge is 1.94. The highest BCUT2D eigenvalue weighted by atomic mass is 32.2. The predicted octanol–water partition coefficient (Wildman–Crippen LogP) is 6.69. The molecule has 0 heterocycles. The van der Waals surface area contributed by atoms with Crippen LogP contribution in [0.2, 0.25) is 0 Å². The average molecular weight is 311 g/mol. The minimum Gasteiger partial charge on any atom is -0.288 e. The van der Waals surface area contributed by atoms with Crippen LogP contribution in [0.3, 0.4) is 0 Å². The fourth-order valence-electron chi connectivity index (χ4n) is 2.13. The molecule has 0 aliphatic heterocycles. The molecule has 0 atom stereocenters. The van der Waals surface area contributed by atoms with Crippen LogP contribution in [-0.2, 0) is 4.79 Å². The Morgan fingerprint density at radius 2 is 1.38 bits per heavy atom. The molecule has 0 fully saturated rings. The van der Waals surface area contributed by atoms with Crippen molar-refractivity contribution in [1.82, 2.24) is 0 Å². The van der Waals surface area contributed by atoms with Gasteiger partial charge in [0.25, 0.3) is 0 Å². The van der Waals surface area contributed by atoms with Crippen LogP contribution in [0.15, 0.2) is 24.3 Å². The lowest BCUT2D eigenvalue weighted by atomic mass is 10.1. The van der Waals surface area contributed by atoms with Gasteiger partial charge in [0.1, 0.15) is 0 Å². The van der Waals surface area contributed by atoms with Crippen molar-refractivity contribution in [3.63, 3.8) is 0 Å². The van der Waals surface area contributed by atoms with E-state index in [2.05, 4.69) is 31.2 Å². The maximum absolute atomic E-state index is 10.7. The maximum Gasteiger partial charge on any atom is 0.185 e. The lowest BCUT2D eigenvalue weighted by Gasteiger charge is -1.99. The fraction of sp³-hybridized carbons (Fsp3) is 0.737. The van der Waals surface area contributed by atoms with E-state index in [1.165, 1.54) is 76.0 Å². The van der Waals surface area contributed by atoms with Crippen molar-refractivity contribution in [2.75, 3.05) is 5.75 Å². The molecule has 0 aliphatic rings. The van der Waals surface area contributed by atoms with Crippen molar-refractivity contribution in [1.29, 1.82) is 0 Å². The van der Waals surface area contributed by atoms with Crippen molar-refractivity contribution in [3.05, 3.63) is 24.3 Å². The minimum absolute atomic E-state index is 0.250. The Morgan fingerprint density at radius 1 is 0.810 bits per heavy atom.